The lowest BCUT2D eigenvalue weighted by molar-refractivity contribution is 0.381. The van der Waals surface area contributed by atoms with Crippen LogP contribution in [0.1, 0.15) is 37.5 Å². The number of hydrogen-bond donors (Lipinski definition) is 5. The lowest BCUT2D eigenvalue weighted by atomic mass is 10.1. The molecule has 0 aliphatic heterocycles. The highest BCUT2D eigenvalue weighted by Crippen LogP contribution is 2.02. The Morgan fingerprint density at radius 1 is 0.543 bits per heavy atom. The van der Waals surface area contributed by atoms with Crippen molar-refractivity contribution in [2.24, 2.45) is 17.2 Å². The van der Waals surface area contributed by atoms with Crippen LogP contribution in [0.15, 0.2) is 91.0 Å². The zero-order valence-corrected chi connectivity index (χ0v) is 21.7. The molecule has 3 rings (SSSR count). The van der Waals surface area contributed by atoms with E-state index in [4.69, 9.17) is 34.7 Å². The van der Waals surface area contributed by atoms with Crippen LogP contribution in [0.25, 0.3) is 0 Å². The summed E-state index contributed by atoms with van der Waals surface area (Å²) in [6, 6.07) is 31.7. The van der Waals surface area contributed by atoms with Crippen molar-refractivity contribution in [3.63, 3.8) is 0 Å². The van der Waals surface area contributed by atoms with E-state index in [1.54, 1.807) is 0 Å². The van der Waals surface area contributed by atoms with Crippen LogP contribution in [0.2, 0.25) is 0 Å². The Balaban J connectivity index is 0.000000453. The second-order valence-electron chi connectivity index (χ2n) is 8.45. The third-order valence-electron chi connectivity index (χ3n) is 4.20. The van der Waals surface area contributed by atoms with Crippen molar-refractivity contribution < 1.29 is 17.5 Å². The number of rotatable bonds is 6. The average Bonchev–Trinajstić information content (AvgIpc) is 2.74. The minimum Gasteiger partial charge on any atom is -0.328 e. The van der Waals surface area contributed by atoms with E-state index in [-0.39, 0.29) is 18.1 Å². The average molecular weight is 504 g/mol. The Labute approximate surface area is 210 Å². The van der Waals surface area contributed by atoms with Gasteiger partial charge in [0.2, 0.25) is 0 Å². The molecular formula is C27H41N3O4S. The van der Waals surface area contributed by atoms with E-state index in [0.29, 0.717) is 0 Å². The molecule has 0 fully saturated rings. The number of nitrogens with two attached hydrogens (primary N) is 3. The largest absolute Gasteiger partial charge is 0.394 e. The first-order valence-electron chi connectivity index (χ1n) is 11.4. The van der Waals surface area contributed by atoms with E-state index >= 15 is 0 Å². The summed E-state index contributed by atoms with van der Waals surface area (Å²) >= 11 is 0. The molecule has 35 heavy (non-hydrogen) atoms. The molecule has 0 bridgehead atoms. The molecule has 3 aromatic rings. The van der Waals surface area contributed by atoms with Gasteiger partial charge in [0.1, 0.15) is 0 Å². The van der Waals surface area contributed by atoms with Gasteiger partial charge in [-0.05, 0) is 56.7 Å². The van der Waals surface area contributed by atoms with E-state index in [1.165, 1.54) is 16.7 Å². The molecule has 0 aliphatic carbocycles. The molecule has 194 valence electrons. The molecule has 0 radical (unpaired) electrons. The summed E-state index contributed by atoms with van der Waals surface area (Å²) in [5, 5.41) is 0. The van der Waals surface area contributed by atoms with Crippen molar-refractivity contribution in [3.05, 3.63) is 108 Å². The van der Waals surface area contributed by atoms with Crippen LogP contribution in [0.4, 0.5) is 0 Å². The summed E-state index contributed by atoms with van der Waals surface area (Å²) < 4.78 is 31.6. The van der Waals surface area contributed by atoms with E-state index in [9.17, 15) is 0 Å². The molecule has 0 saturated heterocycles. The van der Waals surface area contributed by atoms with Crippen LogP contribution in [-0.4, -0.2) is 35.6 Å². The first-order chi connectivity index (χ1) is 16.4. The van der Waals surface area contributed by atoms with Crippen molar-refractivity contribution in [2.45, 2.75) is 58.2 Å². The summed E-state index contributed by atoms with van der Waals surface area (Å²) in [6.07, 6.45) is 2.92. The Morgan fingerprint density at radius 2 is 0.714 bits per heavy atom. The molecule has 1 unspecified atom stereocenters. The highest BCUT2D eigenvalue weighted by Gasteiger charge is 1.95. The number of benzene rings is 3. The summed E-state index contributed by atoms with van der Waals surface area (Å²) in [5.41, 5.74) is 20.8. The van der Waals surface area contributed by atoms with Crippen LogP contribution < -0.4 is 17.2 Å². The summed E-state index contributed by atoms with van der Waals surface area (Å²) in [6.45, 7) is 6.06. The Bertz CT molecular complexity index is 867. The van der Waals surface area contributed by atoms with Crippen LogP contribution >= 0.6 is 0 Å². The molecule has 0 saturated carbocycles. The lowest BCUT2D eigenvalue weighted by Crippen LogP contribution is -2.17. The first-order valence-corrected chi connectivity index (χ1v) is 12.8. The van der Waals surface area contributed by atoms with Crippen LogP contribution in [0.3, 0.4) is 0 Å². The standard InChI is InChI=1S/3C9H13N.H2O4S/c3*1-8(10)7-9-5-3-2-4-6-9;1-5(2,3)4/h3*2-6,8H,7,10H2,1H3;(H2,1,2,3,4)/t2*8-;;/m00../s1. The fraction of sp³-hybridized carbons (Fsp3) is 0.333. The van der Waals surface area contributed by atoms with Gasteiger partial charge in [-0.3, -0.25) is 9.11 Å². The van der Waals surface area contributed by atoms with Gasteiger partial charge < -0.3 is 17.2 Å². The van der Waals surface area contributed by atoms with Crippen LogP contribution in [-0.2, 0) is 29.7 Å². The van der Waals surface area contributed by atoms with Gasteiger partial charge >= 0.3 is 10.4 Å². The van der Waals surface area contributed by atoms with Crippen LogP contribution in [0, 0.1) is 0 Å². The summed E-state index contributed by atoms with van der Waals surface area (Å²) in [4.78, 5) is 0. The van der Waals surface area contributed by atoms with Crippen molar-refractivity contribution in [1.82, 2.24) is 0 Å². The Morgan fingerprint density at radius 3 is 0.857 bits per heavy atom. The molecule has 0 aromatic heterocycles. The van der Waals surface area contributed by atoms with Gasteiger partial charge in [-0.1, -0.05) is 91.0 Å². The zero-order valence-electron chi connectivity index (χ0n) is 20.9. The molecule has 8 N–H and O–H groups in total. The molecule has 0 aliphatic rings. The van der Waals surface area contributed by atoms with Gasteiger partial charge in [0.15, 0.2) is 0 Å². The third kappa shape index (κ3) is 24.3. The SMILES string of the molecule is CC(N)Cc1ccccc1.C[C@H](N)Cc1ccccc1.C[C@H](N)Cc1ccccc1.O=S(=O)(O)O. The van der Waals surface area contributed by atoms with Crippen molar-refractivity contribution in [2.75, 3.05) is 0 Å². The fourth-order valence-electron chi connectivity index (χ4n) is 2.96. The number of hydrogen-bond acceptors (Lipinski definition) is 5. The monoisotopic (exact) mass is 503 g/mol. The van der Waals surface area contributed by atoms with Gasteiger partial charge in [-0.25, -0.2) is 0 Å². The molecule has 7 nitrogen and oxygen atoms in total. The quantitative estimate of drug-likeness (QED) is 0.318. The van der Waals surface area contributed by atoms with Crippen molar-refractivity contribution >= 4 is 10.4 Å². The Kier molecular flexibility index (Phi) is 17.3. The van der Waals surface area contributed by atoms with E-state index in [2.05, 4.69) is 36.4 Å². The zero-order chi connectivity index (χ0) is 26.7. The maximum absolute atomic E-state index is 8.74. The molecule has 0 spiro atoms. The molecule has 0 amide bonds. The molecule has 3 atom stereocenters. The third-order valence-corrected chi connectivity index (χ3v) is 4.20. The fourth-order valence-corrected chi connectivity index (χ4v) is 2.96. The van der Waals surface area contributed by atoms with Gasteiger partial charge in [0.25, 0.3) is 0 Å². The normalized spacial score (nSPS) is 12.8. The van der Waals surface area contributed by atoms with Gasteiger partial charge in [-0.15, -0.1) is 0 Å². The molecule has 8 heteroatoms. The maximum atomic E-state index is 8.74. The summed E-state index contributed by atoms with van der Waals surface area (Å²) in [5.74, 6) is 0. The molecule has 0 heterocycles. The smallest absolute Gasteiger partial charge is 0.328 e. The van der Waals surface area contributed by atoms with Crippen LogP contribution in [0.5, 0.6) is 0 Å². The topological polar surface area (TPSA) is 153 Å². The van der Waals surface area contributed by atoms with Gasteiger partial charge in [0, 0.05) is 18.1 Å². The molecular weight excluding hydrogens is 462 g/mol. The second kappa shape index (κ2) is 18.7. The van der Waals surface area contributed by atoms with Gasteiger partial charge in [0.05, 0.1) is 0 Å². The lowest BCUT2D eigenvalue weighted by Gasteiger charge is -2.02. The van der Waals surface area contributed by atoms with E-state index in [0.717, 1.165) is 19.3 Å². The minimum atomic E-state index is -4.67. The first kappa shape index (κ1) is 32.4. The maximum Gasteiger partial charge on any atom is 0.394 e. The van der Waals surface area contributed by atoms with Gasteiger partial charge in [-0.2, -0.15) is 8.42 Å². The highest BCUT2D eigenvalue weighted by molar-refractivity contribution is 7.79. The highest BCUT2D eigenvalue weighted by atomic mass is 32.3. The molecule has 3 aromatic carbocycles. The van der Waals surface area contributed by atoms with E-state index < -0.39 is 10.4 Å². The predicted molar refractivity (Wildman–Crippen MR) is 146 cm³/mol. The summed E-state index contributed by atoms with van der Waals surface area (Å²) in [7, 11) is -4.67. The Hall–Kier alpha value is -2.59. The van der Waals surface area contributed by atoms with Crippen molar-refractivity contribution in [3.8, 4) is 0 Å². The second-order valence-corrected chi connectivity index (χ2v) is 9.34. The van der Waals surface area contributed by atoms with Crippen molar-refractivity contribution in [1.29, 1.82) is 0 Å². The minimum absolute atomic E-state index is 0.266. The van der Waals surface area contributed by atoms with E-state index in [1.807, 2.05) is 75.4 Å². The predicted octanol–water partition coefficient (Wildman–Crippen LogP) is 4.08.